The lowest BCUT2D eigenvalue weighted by molar-refractivity contribution is 0.357. The molecule has 6 heteroatoms. The summed E-state index contributed by atoms with van der Waals surface area (Å²) >= 11 is 1.80. The maximum atomic E-state index is 6.08. The Morgan fingerprint density at radius 1 is 1.18 bits per heavy atom. The molecule has 3 heterocycles. The van der Waals surface area contributed by atoms with Gasteiger partial charge < -0.3 is 10.6 Å². The van der Waals surface area contributed by atoms with E-state index in [1.54, 1.807) is 16.0 Å². The average molecular weight is 397 g/mol. The number of aromatic nitrogens is 3. The van der Waals surface area contributed by atoms with E-state index in [1.165, 1.54) is 21.6 Å². The summed E-state index contributed by atoms with van der Waals surface area (Å²) in [6.07, 6.45) is 7.58. The van der Waals surface area contributed by atoms with E-state index in [0.717, 1.165) is 43.3 Å². The standard InChI is InChI=1S/C16H20N4O.C6H8S/c1-2-3-4-5-15-18-19-16(20(15)17)11-12-6-7-14-13(10-12)8-9-21-14;1-5-3-4-7-6(5)2/h3-4,6-7,10H,2,5,8-9,11,17H2,1H3;3-4H,1-2H3/b4-3-;. The van der Waals surface area contributed by atoms with E-state index in [2.05, 4.69) is 66.7 Å². The van der Waals surface area contributed by atoms with Gasteiger partial charge in [0.2, 0.25) is 0 Å². The summed E-state index contributed by atoms with van der Waals surface area (Å²) in [6.45, 7) is 7.15. The first-order valence-electron chi connectivity index (χ1n) is 9.67. The maximum absolute atomic E-state index is 6.08. The molecule has 0 aliphatic carbocycles. The quantitative estimate of drug-likeness (QED) is 0.513. The van der Waals surface area contributed by atoms with E-state index in [1.807, 2.05) is 6.07 Å². The number of benzene rings is 1. The molecule has 5 nitrogen and oxygen atoms in total. The van der Waals surface area contributed by atoms with Crippen LogP contribution in [0, 0.1) is 13.8 Å². The van der Waals surface area contributed by atoms with Crippen molar-refractivity contribution < 1.29 is 4.74 Å². The van der Waals surface area contributed by atoms with Crippen molar-refractivity contribution in [2.75, 3.05) is 12.4 Å². The third-order valence-corrected chi connectivity index (χ3v) is 5.72. The molecule has 0 amide bonds. The van der Waals surface area contributed by atoms with Gasteiger partial charge in [0.15, 0.2) is 11.6 Å². The van der Waals surface area contributed by atoms with Gasteiger partial charge in [-0.15, -0.1) is 21.5 Å². The monoisotopic (exact) mass is 396 g/mol. The van der Waals surface area contributed by atoms with E-state index in [-0.39, 0.29) is 0 Å². The van der Waals surface area contributed by atoms with Crippen molar-refractivity contribution >= 4 is 11.3 Å². The summed E-state index contributed by atoms with van der Waals surface area (Å²) in [5.74, 6) is 8.65. The molecule has 0 fully saturated rings. The van der Waals surface area contributed by atoms with E-state index >= 15 is 0 Å². The Morgan fingerprint density at radius 3 is 2.68 bits per heavy atom. The summed E-state index contributed by atoms with van der Waals surface area (Å²) in [6, 6.07) is 8.41. The minimum Gasteiger partial charge on any atom is -0.493 e. The molecular formula is C22H28N4OS. The van der Waals surface area contributed by atoms with Crippen LogP contribution in [-0.4, -0.2) is 21.5 Å². The number of fused-ring (bicyclic) bond motifs is 1. The Bertz CT molecular complexity index is 925. The van der Waals surface area contributed by atoms with Crippen molar-refractivity contribution in [1.29, 1.82) is 0 Å². The van der Waals surface area contributed by atoms with Crippen LogP contribution in [0.15, 0.2) is 41.8 Å². The van der Waals surface area contributed by atoms with Crippen LogP contribution in [0.25, 0.3) is 0 Å². The first-order chi connectivity index (χ1) is 13.6. The number of aryl methyl sites for hydroxylation is 2. The Hall–Kier alpha value is -2.60. The van der Waals surface area contributed by atoms with Gasteiger partial charge in [-0.2, -0.15) is 0 Å². The van der Waals surface area contributed by atoms with Crippen LogP contribution in [0.5, 0.6) is 5.75 Å². The zero-order chi connectivity index (χ0) is 19.9. The van der Waals surface area contributed by atoms with Gasteiger partial charge in [-0.05, 0) is 54.5 Å². The molecule has 28 heavy (non-hydrogen) atoms. The number of ether oxygens (including phenoxy) is 1. The highest BCUT2D eigenvalue weighted by molar-refractivity contribution is 7.10. The molecule has 1 aliphatic heterocycles. The molecule has 0 radical (unpaired) electrons. The highest BCUT2D eigenvalue weighted by Gasteiger charge is 2.14. The smallest absolute Gasteiger partial charge is 0.156 e. The molecule has 0 atom stereocenters. The van der Waals surface area contributed by atoms with Crippen molar-refractivity contribution in [2.24, 2.45) is 0 Å². The van der Waals surface area contributed by atoms with Crippen LogP contribution >= 0.6 is 11.3 Å². The molecule has 0 saturated heterocycles. The second-order valence-electron chi connectivity index (χ2n) is 6.86. The Morgan fingerprint density at radius 2 is 2.00 bits per heavy atom. The number of hydrogen-bond acceptors (Lipinski definition) is 5. The van der Waals surface area contributed by atoms with Crippen molar-refractivity contribution in [1.82, 2.24) is 14.9 Å². The molecule has 0 spiro atoms. The van der Waals surface area contributed by atoms with Gasteiger partial charge >= 0.3 is 0 Å². The van der Waals surface area contributed by atoms with Crippen LogP contribution in [0.1, 0.15) is 46.6 Å². The predicted octanol–water partition coefficient (Wildman–Crippen LogP) is 4.39. The molecule has 0 saturated carbocycles. The summed E-state index contributed by atoms with van der Waals surface area (Å²) in [5, 5.41) is 10.5. The topological polar surface area (TPSA) is 66.0 Å². The van der Waals surface area contributed by atoms with Gasteiger partial charge in [0.05, 0.1) is 6.61 Å². The Labute approximate surface area is 170 Å². The molecular weight excluding hydrogens is 368 g/mol. The highest BCUT2D eigenvalue weighted by atomic mass is 32.1. The zero-order valence-corrected chi connectivity index (χ0v) is 17.6. The largest absolute Gasteiger partial charge is 0.493 e. The summed E-state index contributed by atoms with van der Waals surface area (Å²) < 4.78 is 7.12. The first kappa shape index (κ1) is 20.1. The number of rotatable bonds is 5. The lowest BCUT2D eigenvalue weighted by Gasteiger charge is -2.05. The highest BCUT2D eigenvalue weighted by Crippen LogP contribution is 2.26. The van der Waals surface area contributed by atoms with Gasteiger partial charge in [-0.25, -0.2) is 4.68 Å². The van der Waals surface area contributed by atoms with Gasteiger partial charge in [0.25, 0.3) is 0 Å². The second-order valence-corrected chi connectivity index (χ2v) is 7.98. The fourth-order valence-electron chi connectivity index (χ4n) is 2.96. The number of hydrogen-bond donors (Lipinski definition) is 1. The van der Waals surface area contributed by atoms with Crippen LogP contribution in [0.3, 0.4) is 0 Å². The van der Waals surface area contributed by atoms with Crippen LogP contribution in [-0.2, 0) is 19.3 Å². The minimum absolute atomic E-state index is 0.689. The van der Waals surface area contributed by atoms with Crippen LogP contribution < -0.4 is 10.6 Å². The van der Waals surface area contributed by atoms with Crippen molar-refractivity contribution in [3.63, 3.8) is 0 Å². The van der Waals surface area contributed by atoms with E-state index < -0.39 is 0 Å². The molecule has 0 bridgehead atoms. The zero-order valence-electron chi connectivity index (χ0n) is 16.8. The van der Waals surface area contributed by atoms with Crippen molar-refractivity contribution in [3.05, 3.63) is 75.0 Å². The number of thiophene rings is 1. The lowest BCUT2D eigenvalue weighted by atomic mass is 10.1. The fourth-order valence-corrected chi connectivity index (χ4v) is 3.69. The third kappa shape index (κ3) is 5.01. The van der Waals surface area contributed by atoms with Crippen molar-refractivity contribution in [2.45, 2.75) is 46.5 Å². The van der Waals surface area contributed by atoms with Crippen molar-refractivity contribution in [3.8, 4) is 5.75 Å². The number of nitrogens with zero attached hydrogens (tertiary/aromatic N) is 3. The van der Waals surface area contributed by atoms with Gasteiger partial charge in [0, 0.05) is 24.1 Å². The lowest BCUT2D eigenvalue weighted by Crippen LogP contribution is -2.16. The normalized spacial score (nSPS) is 12.5. The minimum atomic E-state index is 0.689. The van der Waals surface area contributed by atoms with Crippen LogP contribution in [0.2, 0.25) is 0 Å². The van der Waals surface area contributed by atoms with Gasteiger partial charge in [-0.3, -0.25) is 0 Å². The summed E-state index contributed by atoms with van der Waals surface area (Å²) in [7, 11) is 0. The number of nitrogens with two attached hydrogens (primary N) is 1. The molecule has 2 aromatic heterocycles. The molecule has 1 aliphatic rings. The number of allylic oxidation sites excluding steroid dienone is 2. The maximum Gasteiger partial charge on any atom is 0.156 e. The molecule has 4 rings (SSSR count). The van der Waals surface area contributed by atoms with E-state index in [9.17, 15) is 0 Å². The average Bonchev–Trinajstić information content (AvgIpc) is 3.39. The Kier molecular flexibility index (Phi) is 6.87. The molecule has 2 N–H and O–H groups in total. The number of nitrogen functional groups attached to an aromatic ring is 1. The summed E-state index contributed by atoms with van der Waals surface area (Å²) in [4.78, 5) is 1.43. The van der Waals surface area contributed by atoms with Gasteiger partial charge in [-0.1, -0.05) is 31.2 Å². The Balaban J connectivity index is 0.000000271. The fraction of sp³-hybridized carbons (Fsp3) is 0.364. The van der Waals surface area contributed by atoms with E-state index in [0.29, 0.717) is 6.42 Å². The molecule has 0 unspecified atom stereocenters. The first-order valence-corrected chi connectivity index (χ1v) is 10.5. The second kappa shape index (κ2) is 9.55. The van der Waals surface area contributed by atoms with E-state index in [4.69, 9.17) is 10.6 Å². The molecule has 1 aromatic carbocycles. The summed E-state index contributed by atoms with van der Waals surface area (Å²) in [5.41, 5.74) is 3.86. The third-order valence-electron chi connectivity index (χ3n) is 4.77. The predicted molar refractivity (Wildman–Crippen MR) is 116 cm³/mol. The van der Waals surface area contributed by atoms with Gasteiger partial charge in [0.1, 0.15) is 5.75 Å². The van der Waals surface area contributed by atoms with Crippen LogP contribution in [0.4, 0.5) is 0 Å². The molecule has 148 valence electrons. The SMILES string of the molecule is CC/C=C\Cc1nnc(Cc2ccc3c(c2)CCO3)n1N.Cc1ccsc1C. The molecule has 3 aromatic rings.